The van der Waals surface area contributed by atoms with Gasteiger partial charge in [-0.05, 0) is 12.1 Å². The van der Waals surface area contributed by atoms with Gasteiger partial charge < -0.3 is 15.0 Å². The van der Waals surface area contributed by atoms with E-state index in [0.717, 1.165) is 0 Å². The van der Waals surface area contributed by atoms with Crippen LogP contribution in [-0.4, -0.2) is 29.5 Å². The lowest BCUT2D eigenvalue weighted by Gasteiger charge is -2.10. The fraction of sp³-hybridized carbons (Fsp3) is 0.250. The van der Waals surface area contributed by atoms with Gasteiger partial charge in [-0.2, -0.15) is 5.26 Å². The van der Waals surface area contributed by atoms with Crippen LogP contribution >= 0.6 is 0 Å². The molecule has 2 rings (SSSR count). The van der Waals surface area contributed by atoms with E-state index in [-0.39, 0.29) is 17.8 Å². The van der Waals surface area contributed by atoms with E-state index in [0.29, 0.717) is 12.2 Å². The first kappa shape index (κ1) is 11.9. The van der Waals surface area contributed by atoms with Gasteiger partial charge in [0, 0.05) is 6.92 Å². The predicted octanol–water partition coefficient (Wildman–Crippen LogP) is 1.35. The molecule has 18 heavy (non-hydrogen) atoms. The Morgan fingerprint density at radius 1 is 1.50 bits per heavy atom. The van der Waals surface area contributed by atoms with Crippen LogP contribution in [0.15, 0.2) is 24.3 Å². The average molecular weight is 245 g/mol. The van der Waals surface area contributed by atoms with Crippen molar-refractivity contribution in [1.82, 2.24) is 4.90 Å². The maximum atomic E-state index is 11.7. The number of hydrogen-bond acceptors (Lipinski definition) is 4. The molecule has 1 atom stereocenters. The lowest BCUT2D eigenvalue weighted by atomic mass is 10.3. The summed E-state index contributed by atoms with van der Waals surface area (Å²) in [6.45, 7) is 1.72. The zero-order valence-electron chi connectivity index (χ0n) is 9.71. The lowest BCUT2D eigenvalue weighted by molar-refractivity contribution is -0.131. The maximum Gasteiger partial charge on any atom is 0.323 e. The van der Waals surface area contributed by atoms with Crippen molar-refractivity contribution < 1.29 is 14.3 Å². The van der Waals surface area contributed by atoms with Gasteiger partial charge in [-0.25, -0.2) is 4.79 Å². The van der Waals surface area contributed by atoms with Crippen LogP contribution in [0.3, 0.4) is 0 Å². The Labute approximate surface area is 104 Å². The fourth-order valence-corrected chi connectivity index (χ4v) is 1.47. The molecule has 1 aromatic carbocycles. The molecule has 0 aliphatic carbocycles. The third kappa shape index (κ3) is 2.58. The fourth-order valence-electron chi connectivity index (χ4n) is 1.47. The SMILES string of the molecule is CC(=O)Oc1ccccc1NC(=O)N1CC1C#N. The number of ether oxygens (including phenoxy) is 1. The van der Waals surface area contributed by atoms with Crippen LogP contribution in [0.25, 0.3) is 0 Å². The normalized spacial score (nSPS) is 16.7. The molecule has 0 aromatic heterocycles. The number of carbonyl (C=O) groups excluding carboxylic acids is 2. The van der Waals surface area contributed by atoms with E-state index in [1.807, 2.05) is 6.07 Å². The Balaban J connectivity index is 2.07. The Hall–Kier alpha value is -2.55. The second-order valence-corrected chi connectivity index (χ2v) is 3.82. The third-order valence-corrected chi connectivity index (χ3v) is 2.40. The zero-order valence-corrected chi connectivity index (χ0v) is 9.71. The molecule has 1 fully saturated rings. The quantitative estimate of drug-likeness (QED) is 0.484. The molecule has 0 spiro atoms. The minimum atomic E-state index is -0.460. The van der Waals surface area contributed by atoms with E-state index < -0.39 is 5.97 Å². The second-order valence-electron chi connectivity index (χ2n) is 3.82. The molecule has 1 saturated heterocycles. The summed E-state index contributed by atoms with van der Waals surface area (Å²) in [5.74, 6) is -0.174. The summed E-state index contributed by atoms with van der Waals surface area (Å²) in [5.41, 5.74) is 0.404. The molecular weight excluding hydrogens is 234 g/mol. The number of urea groups is 1. The van der Waals surface area contributed by atoms with Gasteiger partial charge in [0.25, 0.3) is 0 Å². The topological polar surface area (TPSA) is 82.2 Å². The minimum absolute atomic E-state index is 0.286. The summed E-state index contributed by atoms with van der Waals surface area (Å²) in [7, 11) is 0. The number of amides is 2. The summed E-state index contributed by atoms with van der Waals surface area (Å²) < 4.78 is 4.96. The van der Waals surface area contributed by atoms with Crippen molar-refractivity contribution in [3.63, 3.8) is 0 Å². The molecule has 6 heteroatoms. The summed E-state index contributed by atoms with van der Waals surface area (Å²) in [5, 5.41) is 11.2. The van der Waals surface area contributed by atoms with E-state index in [4.69, 9.17) is 10.00 Å². The number of nitriles is 1. The summed E-state index contributed by atoms with van der Waals surface area (Å²) >= 11 is 0. The second kappa shape index (κ2) is 4.75. The molecule has 1 aliphatic heterocycles. The van der Waals surface area contributed by atoms with Crippen LogP contribution < -0.4 is 10.1 Å². The highest BCUT2D eigenvalue weighted by Crippen LogP contribution is 2.26. The van der Waals surface area contributed by atoms with Gasteiger partial charge >= 0.3 is 12.0 Å². The van der Waals surface area contributed by atoms with Crippen molar-refractivity contribution in [2.24, 2.45) is 0 Å². The Morgan fingerprint density at radius 2 is 2.22 bits per heavy atom. The van der Waals surface area contributed by atoms with Crippen LogP contribution in [0.1, 0.15) is 6.92 Å². The number of nitrogens with one attached hydrogen (secondary N) is 1. The largest absolute Gasteiger partial charge is 0.424 e. The van der Waals surface area contributed by atoms with Crippen molar-refractivity contribution in [2.75, 3.05) is 11.9 Å². The van der Waals surface area contributed by atoms with E-state index in [1.165, 1.54) is 11.8 Å². The van der Waals surface area contributed by atoms with Gasteiger partial charge in [0.05, 0.1) is 18.3 Å². The van der Waals surface area contributed by atoms with E-state index in [2.05, 4.69) is 5.32 Å². The number of nitrogens with zero attached hydrogens (tertiary/aromatic N) is 2. The van der Waals surface area contributed by atoms with E-state index >= 15 is 0 Å². The first-order valence-electron chi connectivity index (χ1n) is 5.36. The third-order valence-electron chi connectivity index (χ3n) is 2.40. The molecule has 1 heterocycles. The van der Waals surface area contributed by atoms with Gasteiger partial charge in [0.15, 0.2) is 5.75 Å². The zero-order chi connectivity index (χ0) is 13.1. The monoisotopic (exact) mass is 245 g/mol. The molecule has 0 radical (unpaired) electrons. The summed E-state index contributed by atoms with van der Waals surface area (Å²) in [6, 6.07) is 7.88. The Kier molecular flexibility index (Phi) is 3.15. The summed E-state index contributed by atoms with van der Waals surface area (Å²) in [6.07, 6.45) is 0. The molecule has 1 aromatic rings. The molecule has 0 saturated carbocycles. The molecular formula is C12H11N3O3. The van der Waals surface area contributed by atoms with Gasteiger partial charge in [0.1, 0.15) is 6.04 Å². The number of esters is 1. The van der Waals surface area contributed by atoms with Crippen LogP contribution in [0.2, 0.25) is 0 Å². The van der Waals surface area contributed by atoms with Crippen LogP contribution in [-0.2, 0) is 4.79 Å². The van der Waals surface area contributed by atoms with Crippen LogP contribution in [0.5, 0.6) is 5.75 Å². The van der Waals surface area contributed by atoms with Gasteiger partial charge in [-0.3, -0.25) is 4.79 Å². The van der Waals surface area contributed by atoms with E-state index in [9.17, 15) is 9.59 Å². The van der Waals surface area contributed by atoms with Crippen LogP contribution in [0, 0.1) is 11.3 Å². The maximum absolute atomic E-state index is 11.7. The van der Waals surface area contributed by atoms with Crippen molar-refractivity contribution >= 4 is 17.7 Å². The molecule has 1 N–H and O–H groups in total. The number of benzene rings is 1. The van der Waals surface area contributed by atoms with Gasteiger partial charge in [-0.15, -0.1) is 0 Å². The van der Waals surface area contributed by atoms with Crippen molar-refractivity contribution in [1.29, 1.82) is 5.26 Å². The first-order chi connectivity index (χ1) is 8.61. The highest BCUT2D eigenvalue weighted by molar-refractivity contribution is 5.93. The van der Waals surface area contributed by atoms with Gasteiger partial charge in [-0.1, -0.05) is 12.1 Å². The number of anilines is 1. The van der Waals surface area contributed by atoms with E-state index in [1.54, 1.807) is 24.3 Å². The Bertz CT molecular complexity index is 536. The van der Waals surface area contributed by atoms with Crippen molar-refractivity contribution in [2.45, 2.75) is 13.0 Å². The van der Waals surface area contributed by atoms with Gasteiger partial charge in [0.2, 0.25) is 0 Å². The highest BCUT2D eigenvalue weighted by Gasteiger charge is 2.38. The van der Waals surface area contributed by atoms with Crippen molar-refractivity contribution in [3.05, 3.63) is 24.3 Å². The first-order valence-corrected chi connectivity index (χ1v) is 5.36. The molecule has 1 aliphatic rings. The number of carbonyl (C=O) groups is 2. The molecule has 1 unspecified atom stereocenters. The minimum Gasteiger partial charge on any atom is -0.424 e. The molecule has 0 bridgehead atoms. The standard InChI is InChI=1S/C12H11N3O3/c1-8(16)18-11-5-3-2-4-10(11)14-12(17)15-7-9(15)6-13/h2-5,9H,7H2,1H3,(H,14,17). The Morgan fingerprint density at radius 3 is 2.83 bits per heavy atom. The number of rotatable bonds is 2. The number of hydrogen-bond donors (Lipinski definition) is 1. The average Bonchev–Trinajstić information content (AvgIpc) is 3.10. The summed E-state index contributed by atoms with van der Waals surface area (Å²) in [4.78, 5) is 24.0. The van der Waals surface area contributed by atoms with Crippen LogP contribution in [0.4, 0.5) is 10.5 Å². The lowest BCUT2D eigenvalue weighted by Crippen LogP contribution is -2.21. The molecule has 6 nitrogen and oxygen atoms in total. The molecule has 2 amide bonds. The van der Waals surface area contributed by atoms with Crippen molar-refractivity contribution in [3.8, 4) is 11.8 Å². The smallest absolute Gasteiger partial charge is 0.323 e. The highest BCUT2D eigenvalue weighted by atomic mass is 16.5. The number of para-hydroxylation sites is 2. The predicted molar refractivity (Wildman–Crippen MR) is 62.9 cm³/mol. The molecule has 92 valence electrons.